The zero-order valence-electron chi connectivity index (χ0n) is 12.7. The lowest BCUT2D eigenvalue weighted by atomic mass is 10.2. The molecule has 0 amide bonds. The van der Waals surface area contributed by atoms with Crippen molar-refractivity contribution in [1.29, 1.82) is 0 Å². The first kappa shape index (κ1) is 14.1. The molecule has 1 aromatic rings. The molecule has 0 radical (unpaired) electrons. The van der Waals surface area contributed by atoms with Crippen LogP contribution in [-0.4, -0.2) is 36.7 Å². The molecule has 2 fully saturated rings. The number of nitrogens with one attached hydrogen (secondary N) is 1. The van der Waals surface area contributed by atoms with E-state index >= 15 is 0 Å². The molecule has 1 saturated heterocycles. The standard InChI is InChI=1S/C16H26N2O2/c1-12-10-18(6-3-7-19-12)11-14-8-16(20-13(14)2)9-17-15-4-5-15/h8,12,15,17H,3-7,9-11H2,1-2H3. The van der Waals surface area contributed by atoms with Crippen LogP contribution in [0.15, 0.2) is 10.5 Å². The largest absolute Gasteiger partial charge is 0.465 e. The van der Waals surface area contributed by atoms with Crippen LogP contribution in [-0.2, 0) is 17.8 Å². The Kier molecular flexibility index (Phi) is 4.44. The highest BCUT2D eigenvalue weighted by Gasteiger charge is 2.21. The smallest absolute Gasteiger partial charge is 0.118 e. The van der Waals surface area contributed by atoms with Gasteiger partial charge in [-0.3, -0.25) is 4.90 Å². The average molecular weight is 278 g/mol. The lowest BCUT2D eigenvalue weighted by Gasteiger charge is -2.21. The molecule has 1 aromatic heterocycles. The van der Waals surface area contributed by atoms with E-state index in [1.807, 2.05) is 0 Å². The monoisotopic (exact) mass is 278 g/mol. The fraction of sp³-hybridized carbons (Fsp3) is 0.750. The molecule has 1 atom stereocenters. The molecule has 0 bridgehead atoms. The van der Waals surface area contributed by atoms with Crippen LogP contribution >= 0.6 is 0 Å². The van der Waals surface area contributed by atoms with Crippen LogP contribution in [0.4, 0.5) is 0 Å². The normalized spacial score (nSPS) is 24.8. The van der Waals surface area contributed by atoms with E-state index < -0.39 is 0 Å². The predicted octanol–water partition coefficient (Wildman–Crippen LogP) is 2.45. The quantitative estimate of drug-likeness (QED) is 0.898. The van der Waals surface area contributed by atoms with Gasteiger partial charge in [-0.1, -0.05) is 0 Å². The van der Waals surface area contributed by atoms with Gasteiger partial charge in [0, 0.05) is 37.8 Å². The van der Waals surface area contributed by atoms with Crippen molar-refractivity contribution in [2.45, 2.75) is 58.3 Å². The maximum Gasteiger partial charge on any atom is 0.118 e. The summed E-state index contributed by atoms with van der Waals surface area (Å²) < 4.78 is 11.6. The zero-order valence-corrected chi connectivity index (χ0v) is 12.7. The number of rotatable bonds is 5. The summed E-state index contributed by atoms with van der Waals surface area (Å²) in [5.74, 6) is 2.14. The van der Waals surface area contributed by atoms with Crippen molar-refractivity contribution >= 4 is 0 Å². The second-order valence-electron chi connectivity index (χ2n) is 6.22. The number of hydrogen-bond acceptors (Lipinski definition) is 4. The maximum atomic E-state index is 5.87. The van der Waals surface area contributed by atoms with Gasteiger partial charge in [-0.25, -0.2) is 0 Å². The molecule has 4 nitrogen and oxygen atoms in total. The van der Waals surface area contributed by atoms with Gasteiger partial charge in [-0.15, -0.1) is 0 Å². The summed E-state index contributed by atoms with van der Waals surface area (Å²) in [5.41, 5.74) is 1.33. The van der Waals surface area contributed by atoms with E-state index in [0.717, 1.165) is 56.8 Å². The first-order valence-electron chi connectivity index (χ1n) is 7.86. The number of nitrogens with zero attached hydrogens (tertiary/aromatic N) is 1. The number of ether oxygens (including phenoxy) is 1. The van der Waals surface area contributed by atoms with Gasteiger partial charge < -0.3 is 14.5 Å². The Balaban J connectivity index is 1.57. The SMILES string of the molecule is Cc1oc(CNC2CC2)cc1CN1CCCOC(C)C1. The van der Waals surface area contributed by atoms with E-state index in [-0.39, 0.29) is 0 Å². The summed E-state index contributed by atoms with van der Waals surface area (Å²) in [7, 11) is 0. The molecule has 20 heavy (non-hydrogen) atoms. The van der Waals surface area contributed by atoms with E-state index in [0.29, 0.717) is 6.10 Å². The third-order valence-electron chi connectivity index (χ3n) is 4.14. The van der Waals surface area contributed by atoms with Gasteiger partial charge in [0.2, 0.25) is 0 Å². The Morgan fingerprint density at radius 2 is 2.25 bits per heavy atom. The van der Waals surface area contributed by atoms with Gasteiger partial charge in [0.1, 0.15) is 11.5 Å². The number of furan rings is 1. The van der Waals surface area contributed by atoms with Crippen molar-refractivity contribution in [3.63, 3.8) is 0 Å². The third kappa shape index (κ3) is 3.84. The fourth-order valence-corrected chi connectivity index (χ4v) is 2.83. The molecule has 112 valence electrons. The van der Waals surface area contributed by atoms with E-state index in [9.17, 15) is 0 Å². The van der Waals surface area contributed by atoms with Crippen molar-refractivity contribution in [1.82, 2.24) is 10.2 Å². The van der Waals surface area contributed by atoms with Crippen LogP contribution < -0.4 is 5.32 Å². The van der Waals surface area contributed by atoms with E-state index in [2.05, 4.69) is 30.1 Å². The molecule has 2 heterocycles. The van der Waals surface area contributed by atoms with Crippen LogP contribution in [0.5, 0.6) is 0 Å². The first-order chi connectivity index (χ1) is 9.70. The fourth-order valence-electron chi connectivity index (χ4n) is 2.83. The Labute approximate surface area is 121 Å². The molecule has 0 spiro atoms. The Morgan fingerprint density at radius 3 is 3.05 bits per heavy atom. The Hall–Kier alpha value is -0.840. The van der Waals surface area contributed by atoms with Gasteiger partial charge in [-0.05, 0) is 39.2 Å². The Bertz CT molecular complexity index is 440. The molecular weight excluding hydrogens is 252 g/mol. The van der Waals surface area contributed by atoms with E-state index in [1.165, 1.54) is 18.4 Å². The van der Waals surface area contributed by atoms with Crippen molar-refractivity contribution < 1.29 is 9.15 Å². The molecule has 0 aromatic carbocycles. The van der Waals surface area contributed by atoms with Crippen LogP contribution in [0.3, 0.4) is 0 Å². The first-order valence-corrected chi connectivity index (χ1v) is 7.86. The summed E-state index contributed by atoms with van der Waals surface area (Å²) in [4.78, 5) is 2.48. The molecule has 1 aliphatic carbocycles. The topological polar surface area (TPSA) is 37.6 Å². The van der Waals surface area contributed by atoms with Crippen molar-refractivity contribution in [3.8, 4) is 0 Å². The minimum atomic E-state index is 0.334. The van der Waals surface area contributed by atoms with Crippen LogP contribution in [0.2, 0.25) is 0 Å². The van der Waals surface area contributed by atoms with Gasteiger partial charge in [0.15, 0.2) is 0 Å². The molecule has 1 N–H and O–H groups in total. The summed E-state index contributed by atoms with van der Waals surface area (Å²) in [6.07, 6.45) is 4.09. The average Bonchev–Trinajstić information content (AvgIpc) is 3.19. The third-order valence-corrected chi connectivity index (χ3v) is 4.14. The number of hydrogen-bond donors (Lipinski definition) is 1. The number of aryl methyl sites for hydroxylation is 1. The second-order valence-corrected chi connectivity index (χ2v) is 6.22. The lowest BCUT2D eigenvalue weighted by Crippen LogP contribution is -2.29. The van der Waals surface area contributed by atoms with Crippen molar-refractivity contribution in [2.24, 2.45) is 0 Å². The summed E-state index contributed by atoms with van der Waals surface area (Å²) >= 11 is 0. The van der Waals surface area contributed by atoms with Crippen molar-refractivity contribution in [3.05, 3.63) is 23.2 Å². The summed E-state index contributed by atoms with van der Waals surface area (Å²) in [6.45, 7) is 9.10. The zero-order chi connectivity index (χ0) is 13.9. The van der Waals surface area contributed by atoms with Gasteiger partial charge in [0.25, 0.3) is 0 Å². The van der Waals surface area contributed by atoms with Gasteiger partial charge in [-0.2, -0.15) is 0 Å². The minimum Gasteiger partial charge on any atom is -0.465 e. The second kappa shape index (κ2) is 6.29. The Morgan fingerprint density at radius 1 is 1.40 bits per heavy atom. The van der Waals surface area contributed by atoms with E-state index in [1.54, 1.807) is 0 Å². The highest BCUT2D eigenvalue weighted by atomic mass is 16.5. The summed E-state index contributed by atoms with van der Waals surface area (Å²) in [5, 5.41) is 3.51. The van der Waals surface area contributed by atoms with Crippen LogP contribution in [0, 0.1) is 6.92 Å². The van der Waals surface area contributed by atoms with Gasteiger partial charge in [0.05, 0.1) is 12.6 Å². The molecular formula is C16H26N2O2. The predicted molar refractivity (Wildman–Crippen MR) is 78.6 cm³/mol. The van der Waals surface area contributed by atoms with Crippen molar-refractivity contribution in [2.75, 3.05) is 19.7 Å². The van der Waals surface area contributed by atoms with Crippen LogP contribution in [0.1, 0.15) is 43.3 Å². The molecule has 2 aliphatic rings. The molecule has 4 heteroatoms. The lowest BCUT2D eigenvalue weighted by molar-refractivity contribution is 0.0667. The molecule has 3 rings (SSSR count). The molecule has 1 unspecified atom stereocenters. The van der Waals surface area contributed by atoms with Gasteiger partial charge >= 0.3 is 0 Å². The maximum absolute atomic E-state index is 5.87. The van der Waals surface area contributed by atoms with E-state index in [4.69, 9.17) is 9.15 Å². The highest BCUT2D eigenvalue weighted by molar-refractivity contribution is 5.21. The highest BCUT2D eigenvalue weighted by Crippen LogP contribution is 2.22. The molecule has 1 aliphatic heterocycles. The van der Waals surface area contributed by atoms with Crippen LogP contribution in [0.25, 0.3) is 0 Å². The summed E-state index contributed by atoms with van der Waals surface area (Å²) in [6, 6.07) is 2.95. The molecule has 1 saturated carbocycles. The minimum absolute atomic E-state index is 0.334.